The number of fused-ring (bicyclic) bond motifs is 5. The van der Waals surface area contributed by atoms with E-state index in [2.05, 4.69) is 26.8 Å². The molecule has 0 aromatic carbocycles. The van der Waals surface area contributed by atoms with Crippen molar-refractivity contribution < 1.29 is 14.3 Å². The number of carbonyl (C=O) groups is 2. The van der Waals surface area contributed by atoms with Crippen LogP contribution in [0.5, 0.6) is 0 Å². The number of carbonyl (C=O) groups excluding carboxylic acids is 2. The predicted molar refractivity (Wildman–Crippen MR) is 106 cm³/mol. The van der Waals surface area contributed by atoms with Gasteiger partial charge < -0.3 is 4.74 Å². The molecule has 0 N–H and O–H groups in total. The maximum absolute atomic E-state index is 12.5. The predicted octanol–water partition coefficient (Wildman–Crippen LogP) is 5.48. The summed E-state index contributed by atoms with van der Waals surface area (Å²) in [4.78, 5) is 23.9. The second kappa shape index (κ2) is 6.19. The number of Topliss-reactive ketones (excluding diaryl/α,β-unsaturated/α-hetero) is 1. The van der Waals surface area contributed by atoms with Gasteiger partial charge in [-0.15, -0.1) is 0 Å². The van der Waals surface area contributed by atoms with Crippen molar-refractivity contribution in [2.75, 3.05) is 0 Å². The Morgan fingerprint density at radius 1 is 1.00 bits per heavy atom. The molecule has 0 heterocycles. The quantitative estimate of drug-likeness (QED) is 0.476. The highest BCUT2D eigenvalue weighted by molar-refractivity contribution is 5.83. The first-order valence-electron chi connectivity index (χ1n) is 11.0. The van der Waals surface area contributed by atoms with Crippen molar-refractivity contribution in [2.45, 2.75) is 92.1 Å². The van der Waals surface area contributed by atoms with Gasteiger partial charge in [0.05, 0.1) is 0 Å². The Bertz CT molecular complexity index is 694. The molecular weight excluding hydrogens is 336 g/mol. The zero-order valence-electron chi connectivity index (χ0n) is 17.8. The topological polar surface area (TPSA) is 43.4 Å². The van der Waals surface area contributed by atoms with Crippen LogP contribution in [0.15, 0.2) is 11.6 Å². The molecule has 0 unspecified atom stereocenters. The van der Waals surface area contributed by atoms with E-state index in [-0.39, 0.29) is 28.3 Å². The first-order chi connectivity index (χ1) is 12.6. The number of esters is 1. The molecular formula is C24H36O3. The fourth-order valence-electron chi connectivity index (χ4n) is 7.81. The van der Waals surface area contributed by atoms with E-state index in [1.807, 2.05) is 6.92 Å². The zero-order chi connectivity index (χ0) is 19.6. The Morgan fingerprint density at radius 2 is 1.70 bits per heavy atom. The van der Waals surface area contributed by atoms with Gasteiger partial charge in [-0.1, -0.05) is 32.4 Å². The van der Waals surface area contributed by atoms with Crippen molar-refractivity contribution >= 4 is 11.8 Å². The number of hydrogen-bond donors (Lipinski definition) is 0. The van der Waals surface area contributed by atoms with Gasteiger partial charge in [0.15, 0.2) is 0 Å². The lowest BCUT2D eigenvalue weighted by Crippen LogP contribution is -2.53. The van der Waals surface area contributed by atoms with Crippen LogP contribution in [0, 0.1) is 34.0 Å². The third kappa shape index (κ3) is 2.59. The van der Waals surface area contributed by atoms with Crippen LogP contribution in [0.4, 0.5) is 0 Å². The molecule has 3 fully saturated rings. The summed E-state index contributed by atoms with van der Waals surface area (Å²) in [6, 6.07) is 0. The largest absolute Gasteiger partial charge is 0.462 e. The summed E-state index contributed by atoms with van der Waals surface area (Å²) in [5.74, 6) is 2.35. The van der Waals surface area contributed by atoms with E-state index in [9.17, 15) is 9.59 Å². The minimum absolute atomic E-state index is 0.0692. The van der Waals surface area contributed by atoms with Crippen molar-refractivity contribution in [3.63, 3.8) is 0 Å². The second-order valence-electron chi connectivity index (χ2n) is 10.6. The highest BCUT2D eigenvalue weighted by atomic mass is 16.5. The molecule has 0 aromatic heterocycles. The van der Waals surface area contributed by atoms with Gasteiger partial charge in [0.25, 0.3) is 0 Å². The Morgan fingerprint density at radius 3 is 2.37 bits per heavy atom. The van der Waals surface area contributed by atoms with Crippen LogP contribution >= 0.6 is 0 Å². The van der Waals surface area contributed by atoms with Gasteiger partial charge in [-0.25, -0.2) is 0 Å². The summed E-state index contributed by atoms with van der Waals surface area (Å²) in [5, 5.41) is 0. The van der Waals surface area contributed by atoms with Crippen LogP contribution in [0.2, 0.25) is 0 Å². The van der Waals surface area contributed by atoms with E-state index >= 15 is 0 Å². The molecule has 27 heavy (non-hydrogen) atoms. The van der Waals surface area contributed by atoms with Crippen LogP contribution in [0.25, 0.3) is 0 Å². The number of hydrogen-bond acceptors (Lipinski definition) is 3. The van der Waals surface area contributed by atoms with Crippen molar-refractivity contribution in [3.05, 3.63) is 11.6 Å². The molecule has 0 aliphatic heterocycles. The molecule has 7 atom stereocenters. The Labute approximate surface area is 164 Å². The van der Waals surface area contributed by atoms with Crippen LogP contribution in [-0.2, 0) is 14.3 Å². The smallest absolute Gasteiger partial charge is 0.302 e. The number of rotatable bonds is 2. The molecule has 150 valence electrons. The number of allylic oxidation sites excluding steroid dienone is 1. The van der Waals surface area contributed by atoms with Crippen LogP contribution in [0.1, 0.15) is 86.0 Å². The third-order valence-corrected chi connectivity index (χ3v) is 9.77. The first kappa shape index (κ1) is 19.2. The van der Waals surface area contributed by atoms with Gasteiger partial charge in [-0.2, -0.15) is 0 Å². The van der Waals surface area contributed by atoms with Crippen molar-refractivity contribution in [1.82, 2.24) is 0 Å². The van der Waals surface area contributed by atoms with Gasteiger partial charge in [-0.05, 0) is 80.5 Å². The maximum atomic E-state index is 12.5. The van der Waals surface area contributed by atoms with Crippen LogP contribution < -0.4 is 0 Å². The lowest BCUT2D eigenvalue weighted by atomic mass is 9.45. The minimum atomic E-state index is -0.152. The molecule has 0 saturated heterocycles. The van der Waals surface area contributed by atoms with Crippen molar-refractivity contribution in [3.8, 4) is 0 Å². The molecule has 4 aliphatic carbocycles. The molecule has 3 nitrogen and oxygen atoms in total. The number of ether oxygens (including phenoxy) is 1. The third-order valence-electron chi connectivity index (χ3n) is 9.77. The number of ketones is 1. The standard InChI is InChI=1S/C24H36O3/c1-15(25)23(4)12-10-21-19-7-6-17-14-18(27-16(2)26)8-11-22(17,3)20(19)9-13-24(21,23)5/h6,18-21H,7-14H2,1-5H3/t18-,19+,20-,21-,22-,23-,24-/m0/s1. The lowest BCUT2D eigenvalue weighted by Gasteiger charge is -2.59. The van der Waals surface area contributed by atoms with Gasteiger partial charge in [0.1, 0.15) is 11.9 Å². The van der Waals surface area contributed by atoms with Gasteiger partial charge in [0, 0.05) is 18.8 Å². The monoisotopic (exact) mass is 372 g/mol. The minimum Gasteiger partial charge on any atom is -0.462 e. The average Bonchev–Trinajstić information content (AvgIpc) is 2.87. The normalized spacial score (nSPS) is 48.7. The van der Waals surface area contributed by atoms with Crippen molar-refractivity contribution in [1.29, 1.82) is 0 Å². The molecule has 0 amide bonds. The van der Waals surface area contributed by atoms with Crippen LogP contribution in [-0.4, -0.2) is 17.9 Å². The van der Waals surface area contributed by atoms with Gasteiger partial charge in [0.2, 0.25) is 0 Å². The summed E-state index contributed by atoms with van der Waals surface area (Å²) in [6.45, 7) is 10.5. The molecule has 0 bridgehead atoms. The van der Waals surface area contributed by atoms with E-state index in [1.165, 1.54) is 31.8 Å². The maximum Gasteiger partial charge on any atom is 0.302 e. The first-order valence-corrected chi connectivity index (χ1v) is 11.0. The van der Waals surface area contributed by atoms with E-state index in [0.717, 1.165) is 38.0 Å². The Hall–Kier alpha value is -1.12. The molecule has 3 saturated carbocycles. The summed E-state index contributed by atoms with van der Waals surface area (Å²) in [6.07, 6.45) is 11.5. The Balaban J connectivity index is 1.61. The van der Waals surface area contributed by atoms with E-state index in [1.54, 1.807) is 0 Å². The molecule has 3 heteroatoms. The fourth-order valence-corrected chi connectivity index (χ4v) is 7.81. The molecule has 0 radical (unpaired) electrons. The summed E-state index contributed by atoms with van der Waals surface area (Å²) < 4.78 is 5.54. The fraction of sp³-hybridized carbons (Fsp3) is 0.833. The van der Waals surface area contributed by atoms with Crippen molar-refractivity contribution in [2.24, 2.45) is 34.0 Å². The molecule has 0 spiro atoms. The molecule has 4 rings (SSSR count). The van der Waals surface area contributed by atoms with Crippen LogP contribution in [0.3, 0.4) is 0 Å². The van der Waals surface area contributed by atoms with Gasteiger partial charge >= 0.3 is 5.97 Å². The highest BCUT2D eigenvalue weighted by Crippen LogP contribution is 2.69. The van der Waals surface area contributed by atoms with E-state index in [0.29, 0.717) is 17.6 Å². The molecule has 0 aromatic rings. The van der Waals surface area contributed by atoms with E-state index in [4.69, 9.17) is 4.74 Å². The molecule has 4 aliphatic rings. The van der Waals surface area contributed by atoms with Gasteiger partial charge in [-0.3, -0.25) is 9.59 Å². The SMILES string of the molecule is CC(=O)O[C@H]1CC[C@@]2(C)C(=CC[C@@H]3[C@@H]2CC[C@@]2(C)[C@H]3CC[C@@]2(C)C(C)=O)C1. The van der Waals surface area contributed by atoms with E-state index < -0.39 is 0 Å². The highest BCUT2D eigenvalue weighted by Gasteiger charge is 2.63. The summed E-state index contributed by atoms with van der Waals surface area (Å²) >= 11 is 0. The second-order valence-corrected chi connectivity index (χ2v) is 10.6. The summed E-state index contributed by atoms with van der Waals surface area (Å²) in [7, 11) is 0. The zero-order valence-corrected chi connectivity index (χ0v) is 17.8. The Kier molecular flexibility index (Phi) is 4.40. The average molecular weight is 373 g/mol. The summed E-state index contributed by atoms with van der Waals surface area (Å²) in [5.41, 5.74) is 1.82. The lowest BCUT2D eigenvalue weighted by molar-refractivity contribution is -0.149.